The van der Waals surface area contributed by atoms with Gasteiger partial charge in [-0.2, -0.15) is 4.72 Å². The van der Waals surface area contributed by atoms with E-state index in [0.717, 1.165) is 30.7 Å². The number of esters is 1. The Kier molecular flexibility index (Phi) is 6.86. The number of sulfonamides is 1. The lowest BCUT2D eigenvalue weighted by Gasteiger charge is -2.33. The average molecular weight is 401 g/mol. The van der Waals surface area contributed by atoms with Crippen molar-refractivity contribution in [2.45, 2.75) is 30.2 Å². The highest BCUT2D eigenvalue weighted by Crippen LogP contribution is 2.17. The normalized spacial score (nSPS) is 17.4. The van der Waals surface area contributed by atoms with Crippen LogP contribution in [-0.4, -0.2) is 56.8 Å². The molecule has 1 aromatic rings. The summed E-state index contributed by atoms with van der Waals surface area (Å²) >= 11 is 0. The lowest BCUT2D eigenvalue weighted by Crippen LogP contribution is -2.51. The van der Waals surface area contributed by atoms with E-state index in [2.05, 4.69) is 0 Å². The van der Waals surface area contributed by atoms with Crippen molar-refractivity contribution in [1.29, 1.82) is 0 Å². The minimum Gasteiger partial charge on any atom is -0.455 e. The summed E-state index contributed by atoms with van der Waals surface area (Å²) in [5, 5.41) is 0. The van der Waals surface area contributed by atoms with Gasteiger partial charge in [0.1, 0.15) is 18.4 Å². The first kappa shape index (κ1) is 20.8. The van der Waals surface area contributed by atoms with E-state index in [4.69, 9.17) is 10.5 Å². The van der Waals surface area contributed by atoms with Gasteiger partial charge in [-0.3, -0.25) is 14.4 Å². The zero-order valence-electron chi connectivity index (χ0n) is 14.4. The number of amides is 2. The van der Waals surface area contributed by atoms with E-state index in [1.165, 1.54) is 4.90 Å². The summed E-state index contributed by atoms with van der Waals surface area (Å²) in [6.45, 7) is -0.992. The number of piperidine rings is 1. The summed E-state index contributed by atoms with van der Waals surface area (Å²) < 4.78 is 43.6. The lowest BCUT2D eigenvalue weighted by atomic mass is 10.0. The number of likely N-dealkylation sites (tertiary alicyclic amines) is 1. The Labute approximate surface area is 155 Å². The first-order valence-corrected chi connectivity index (χ1v) is 9.68. The summed E-state index contributed by atoms with van der Waals surface area (Å²) in [7, 11) is -4.03. The minimum absolute atomic E-state index is 0.217. The third kappa shape index (κ3) is 5.73. The molecule has 1 atom stereocenters. The van der Waals surface area contributed by atoms with Crippen LogP contribution in [0.4, 0.5) is 4.39 Å². The molecule has 11 heteroatoms. The number of nitrogens with two attached hydrogens (primary N) is 1. The molecular formula is C16H20FN3O6S. The standard InChI is InChI=1S/C16H20FN3O6S/c17-11-4-6-12(7-5-11)27(24,25)19-9-15(22)26-10-14(21)20-8-2-1-3-13(20)16(18)23/h4-7,13,19H,1-3,8-10H2,(H2,18,23)/t13-/m1/s1. The van der Waals surface area contributed by atoms with Crippen molar-refractivity contribution in [3.05, 3.63) is 30.1 Å². The number of ether oxygens (including phenoxy) is 1. The molecular weight excluding hydrogens is 381 g/mol. The maximum Gasteiger partial charge on any atom is 0.321 e. The maximum atomic E-state index is 12.8. The SMILES string of the molecule is NC(=O)[C@H]1CCCCN1C(=O)COC(=O)CNS(=O)(=O)c1ccc(F)cc1. The summed E-state index contributed by atoms with van der Waals surface area (Å²) in [5.41, 5.74) is 5.27. The third-order valence-electron chi connectivity index (χ3n) is 4.04. The molecule has 0 unspecified atom stereocenters. The van der Waals surface area contributed by atoms with E-state index in [1.807, 2.05) is 4.72 Å². The Morgan fingerprint density at radius 3 is 2.52 bits per heavy atom. The van der Waals surface area contributed by atoms with Gasteiger partial charge in [-0.25, -0.2) is 12.8 Å². The van der Waals surface area contributed by atoms with Gasteiger partial charge in [0.15, 0.2) is 6.61 Å². The van der Waals surface area contributed by atoms with Crippen LogP contribution in [0.25, 0.3) is 0 Å². The van der Waals surface area contributed by atoms with Crippen LogP contribution in [0, 0.1) is 5.82 Å². The van der Waals surface area contributed by atoms with Crippen LogP contribution in [0.3, 0.4) is 0 Å². The van der Waals surface area contributed by atoms with Crippen LogP contribution in [-0.2, 0) is 29.1 Å². The molecule has 0 saturated carbocycles. The highest BCUT2D eigenvalue weighted by molar-refractivity contribution is 7.89. The number of carbonyl (C=O) groups excluding carboxylic acids is 3. The molecule has 1 heterocycles. The molecule has 0 aliphatic carbocycles. The molecule has 148 valence electrons. The van der Waals surface area contributed by atoms with Crippen molar-refractivity contribution < 1.29 is 31.9 Å². The van der Waals surface area contributed by atoms with E-state index in [1.54, 1.807) is 0 Å². The average Bonchev–Trinajstić information content (AvgIpc) is 2.64. The van der Waals surface area contributed by atoms with Crippen LogP contribution in [0.2, 0.25) is 0 Å². The van der Waals surface area contributed by atoms with Gasteiger partial charge in [-0.05, 0) is 43.5 Å². The third-order valence-corrected chi connectivity index (χ3v) is 5.46. The highest BCUT2D eigenvalue weighted by atomic mass is 32.2. The molecule has 9 nitrogen and oxygen atoms in total. The molecule has 0 spiro atoms. The number of primary amides is 1. The van der Waals surface area contributed by atoms with Gasteiger partial charge >= 0.3 is 5.97 Å². The van der Waals surface area contributed by atoms with Crippen LogP contribution in [0.1, 0.15) is 19.3 Å². The molecule has 3 N–H and O–H groups in total. The fraction of sp³-hybridized carbons (Fsp3) is 0.438. The maximum absolute atomic E-state index is 12.8. The summed E-state index contributed by atoms with van der Waals surface area (Å²) in [6, 6.07) is 3.31. The number of rotatable bonds is 7. The number of hydrogen-bond acceptors (Lipinski definition) is 6. The van der Waals surface area contributed by atoms with Crippen molar-refractivity contribution in [3.63, 3.8) is 0 Å². The van der Waals surface area contributed by atoms with Crippen LogP contribution >= 0.6 is 0 Å². The fourth-order valence-electron chi connectivity index (χ4n) is 2.65. The molecule has 0 radical (unpaired) electrons. The molecule has 2 rings (SSSR count). The zero-order chi connectivity index (χ0) is 20.0. The number of carbonyl (C=O) groups is 3. The van der Waals surface area contributed by atoms with Crippen molar-refractivity contribution >= 4 is 27.8 Å². The second-order valence-corrected chi connectivity index (χ2v) is 7.71. The fourth-order valence-corrected chi connectivity index (χ4v) is 3.62. The van der Waals surface area contributed by atoms with E-state index < -0.39 is 52.8 Å². The molecule has 0 aromatic heterocycles. The zero-order valence-corrected chi connectivity index (χ0v) is 15.2. The van der Waals surface area contributed by atoms with E-state index in [0.29, 0.717) is 19.4 Å². The Morgan fingerprint density at radius 2 is 1.89 bits per heavy atom. The van der Waals surface area contributed by atoms with Crippen molar-refractivity contribution in [2.24, 2.45) is 5.73 Å². The Hall–Kier alpha value is -2.53. The van der Waals surface area contributed by atoms with Crippen LogP contribution in [0.5, 0.6) is 0 Å². The Bertz CT molecular complexity index is 812. The summed E-state index contributed by atoms with van der Waals surface area (Å²) in [6.07, 6.45) is 1.93. The predicted molar refractivity (Wildman–Crippen MR) is 91.1 cm³/mol. The quantitative estimate of drug-likeness (QED) is 0.592. The van der Waals surface area contributed by atoms with Gasteiger partial charge in [0.05, 0.1) is 4.90 Å². The molecule has 1 saturated heterocycles. The first-order chi connectivity index (χ1) is 12.7. The number of benzene rings is 1. The smallest absolute Gasteiger partial charge is 0.321 e. The number of halogens is 1. The van der Waals surface area contributed by atoms with Gasteiger partial charge in [-0.1, -0.05) is 0 Å². The van der Waals surface area contributed by atoms with Crippen molar-refractivity contribution in [2.75, 3.05) is 19.7 Å². The van der Waals surface area contributed by atoms with Gasteiger partial charge in [0, 0.05) is 6.54 Å². The van der Waals surface area contributed by atoms with Crippen molar-refractivity contribution in [3.8, 4) is 0 Å². The number of nitrogens with one attached hydrogen (secondary N) is 1. The largest absolute Gasteiger partial charge is 0.455 e. The van der Waals surface area contributed by atoms with E-state index >= 15 is 0 Å². The molecule has 1 aliphatic rings. The second kappa shape index (κ2) is 8.91. The molecule has 1 aliphatic heterocycles. The van der Waals surface area contributed by atoms with E-state index in [9.17, 15) is 27.2 Å². The summed E-state index contributed by atoms with van der Waals surface area (Å²) in [4.78, 5) is 36.3. The van der Waals surface area contributed by atoms with E-state index in [-0.39, 0.29) is 4.90 Å². The summed E-state index contributed by atoms with van der Waals surface area (Å²) in [5.74, 6) is -2.77. The first-order valence-electron chi connectivity index (χ1n) is 8.20. The number of hydrogen-bond donors (Lipinski definition) is 2. The minimum atomic E-state index is -4.03. The predicted octanol–water partition coefficient (Wildman–Crippen LogP) is -0.486. The molecule has 27 heavy (non-hydrogen) atoms. The topological polar surface area (TPSA) is 136 Å². The molecule has 0 bridgehead atoms. The number of nitrogens with zero attached hydrogens (tertiary/aromatic N) is 1. The highest BCUT2D eigenvalue weighted by Gasteiger charge is 2.31. The van der Waals surface area contributed by atoms with Crippen LogP contribution in [0.15, 0.2) is 29.2 Å². The monoisotopic (exact) mass is 401 g/mol. The van der Waals surface area contributed by atoms with Gasteiger partial charge in [-0.15, -0.1) is 0 Å². The molecule has 2 amide bonds. The second-order valence-electron chi connectivity index (χ2n) is 5.94. The van der Waals surface area contributed by atoms with Crippen molar-refractivity contribution in [1.82, 2.24) is 9.62 Å². The van der Waals surface area contributed by atoms with Crippen LogP contribution < -0.4 is 10.5 Å². The molecule has 1 fully saturated rings. The lowest BCUT2D eigenvalue weighted by molar-refractivity contribution is -0.154. The Balaban J connectivity index is 1.84. The molecule has 1 aromatic carbocycles. The Morgan fingerprint density at radius 1 is 1.22 bits per heavy atom. The van der Waals surface area contributed by atoms with Gasteiger partial charge < -0.3 is 15.4 Å². The van der Waals surface area contributed by atoms with Gasteiger partial charge in [0.25, 0.3) is 5.91 Å². The van der Waals surface area contributed by atoms with Gasteiger partial charge in [0.2, 0.25) is 15.9 Å².